The number of benzene rings is 1. The number of nitrogens with one attached hydrogen (secondary N) is 1. The highest BCUT2D eigenvalue weighted by atomic mass is 32.1. The molecule has 0 amide bonds. The normalized spacial score (nSPS) is 11.0. The number of rotatable bonds is 8. The summed E-state index contributed by atoms with van der Waals surface area (Å²) in [7, 11) is 1.60. The molecule has 3 aromatic rings. The lowest BCUT2D eigenvalue weighted by molar-refractivity contribution is 0.0527. The first kappa shape index (κ1) is 23.2. The Morgan fingerprint density at radius 1 is 1.34 bits per heavy atom. The summed E-state index contributed by atoms with van der Waals surface area (Å²) in [6, 6.07) is 9.65. The Balaban J connectivity index is 1.93. The summed E-state index contributed by atoms with van der Waals surface area (Å²) in [6.07, 6.45) is 1.49. The average Bonchev–Trinajstić information content (AvgIpc) is 3.39. The zero-order valence-electron chi connectivity index (χ0n) is 18.0. The number of nitrogens with zero attached hydrogens (tertiary/aromatic N) is 2. The number of ketones is 1. The van der Waals surface area contributed by atoms with Gasteiger partial charge in [0.05, 0.1) is 29.9 Å². The summed E-state index contributed by atoms with van der Waals surface area (Å²) in [5.74, 6) is 0.0618. The molecule has 32 heavy (non-hydrogen) atoms. The van der Waals surface area contributed by atoms with E-state index in [1.54, 1.807) is 21.0 Å². The van der Waals surface area contributed by atoms with Crippen LogP contribution in [0, 0.1) is 18.3 Å². The van der Waals surface area contributed by atoms with E-state index in [1.165, 1.54) is 24.5 Å². The first-order chi connectivity index (χ1) is 15.4. The quantitative estimate of drug-likeness (QED) is 0.263. The van der Waals surface area contributed by atoms with Crippen molar-refractivity contribution in [2.24, 2.45) is 0 Å². The third kappa shape index (κ3) is 4.88. The maximum absolute atomic E-state index is 12.4. The van der Waals surface area contributed by atoms with Gasteiger partial charge in [0.25, 0.3) is 0 Å². The molecule has 0 unspecified atom stereocenters. The first-order valence-corrected chi connectivity index (χ1v) is 11.4. The van der Waals surface area contributed by atoms with Gasteiger partial charge in [-0.05, 0) is 38.5 Å². The van der Waals surface area contributed by atoms with Gasteiger partial charge in [-0.3, -0.25) is 4.79 Å². The fourth-order valence-electron chi connectivity index (χ4n) is 2.99. The molecule has 0 aliphatic rings. The minimum absolute atomic E-state index is 0.140. The molecule has 9 heteroatoms. The third-order valence-electron chi connectivity index (χ3n) is 4.51. The van der Waals surface area contributed by atoms with Gasteiger partial charge in [-0.2, -0.15) is 5.26 Å². The van der Waals surface area contributed by atoms with Crippen LogP contribution in [0.4, 0.5) is 5.00 Å². The van der Waals surface area contributed by atoms with Gasteiger partial charge < -0.3 is 14.8 Å². The minimum atomic E-state index is -0.516. The van der Waals surface area contributed by atoms with Crippen molar-refractivity contribution in [1.82, 2.24) is 4.98 Å². The summed E-state index contributed by atoms with van der Waals surface area (Å²) in [5.41, 5.74) is 2.76. The third-order valence-corrected chi connectivity index (χ3v) is 6.71. The van der Waals surface area contributed by atoms with Crippen LogP contribution in [0.3, 0.4) is 0 Å². The van der Waals surface area contributed by atoms with Crippen molar-refractivity contribution in [3.05, 3.63) is 56.9 Å². The first-order valence-electron chi connectivity index (χ1n) is 9.68. The van der Waals surface area contributed by atoms with Gasteiger partial charge in [0, 0.05) is 17.1 Å². The second-order valence-electron chi connectivity index (χ2n) is 6.62. The van der Waals surface area contributed by atoms with E-state index in [2.05, 4.69) is 16.4 Å². The largest absolute Gasteiger partial charge is 0.497 e. The van der Waals surface area contributed by atoms with Gasteiger partial charge in [-0.25, -0.2) is 9.78 Å². The molecule has 1 aromatic carbocycles. The molecule has 1 N–H and O–H groups in total. The van der Waals surface area contributed by atoms with Gasteiger partial charge in [0.15, 0.2) is 5.78 Å². The molecule has 0 saturated carbocycles. The van der Waals surface area contributed by atoms with Crippen molar-refractivity contribution in [2.75, 3.05) is 19.0 Å². The number of anilines is 1. The van der Waals surface area contributed by atoms with Crippen LogP contribution >= 0.6 is 22.7 Å². The van der Waals surface area contributed by atoms with E-state index >= 15 is 0 Å². The highest BCUT2D eigenvalue weighted by molar-refractivity contribution is 7.18. The molecule has 0 aliphatic heterocycles. The van der Waals surface area contributed by atoms with E-state index in [-0.39, 0.29) is 12.4 Å². The van der Waals surface area contributed by atoms with Crippen molar-refractivity contribution in [3.63, 3.8) is 0 Å². The Morgan fingerprint density at radius 2 is 2.12 bits per heavy atom. The number of hydrogen-bond donors (Lipinski definition) is 1. The smallest absolute Gasteiger partial charge is 0.341 e. The molecule has 2 heterocycles. The summed E-state index contributed by atoms with van der Waals surface area (Å²) in [4.78, 5) is 29.4. The summed E-state index contributed by atoms with van der Waals surface area (Å²) in [6.45, 7) is 5.09. The predicted octanol–water partition coefficient (Wildman–Crippen LogP) is 5.54. The maximum Gasteiger partial charge on any atom is 0.341 e. The van der Waals surface area contributed by atoms with Crippen molar-refractivity contribution in [3.8, 4) is 23.1 Å². The molecule has 164 valence electrons. The van der Waals surface area contributed by atoms with E-state index < -0.39 is 5.97 Å². The van der Waals surface area contributed by atoms with Crippen molar-refractivity contribution in [2.45, 2.75) is 20.8 Å². The van der Waals surface area contributed by atoms with Crippen LogP contribution in [0.1, 0.15) is 44.4 Å². The summed E-state index contributed by atoms with van der Waals surface area (Å²) >= 11 is 2.49. The Bertz CT molecular complexity index is 1230. The van der Waals surface area contributed by atoms with Crippen LogP contribution in [-0.2, 0) is 4.74 Å². The molecular formula is C23H21N3O4S2. The number of thiophene rings is 1. The second kappa shape index (κ2) is 10.2. The zero-order chi connectivity index (χ0) is 23.3. The number of allylic oxidation sites excluding steroid dienone is 1. The van der Waals surface area contributed by atoms with E-state index in [4.69, 9.17) is 9.47 Å². The number of esters is 1. The summed E-state index contributed by atoms with van der Waals surface area (Å²) < 4.78 is 10.4. The standard InChI is InChI=1S/C23H21N3O4S2/c1-5-30-23(28)19-13(2)20(14(3)27)32-22(19)25-11-16(10-24)21-26-18(12-31-21)15-7-6-8-17(9-15)29-4/h6-9,11-12,25H,5H2,1-4H3/b16-11-. The zero-order valence-corrected chi connectivity index (χ0v) is 19.6. The van der Waals surface area contributed by atoms with E-state index in [9.17, 15) is 14.9 Å². The maximum atomic E-state index is 12.4. The minimum Gasteiger partial charge on any atom is -0.497 e. The Morgan fingerprint density at radius 3 is 2.78 bits per heavy atom. The Labute approximate surface area is 193 Å². The number of aromatic nitrogens is 1. The monoisotopic (exact) mass is 467 g/mol. The van der Waals surface area contributed by atoms with Crippen LogP contribution < -0.4 is 10.1 Å². The van der Waals surface area contributed by atoms with E-state index in [0.29, 0.717) is 31.6 Å². The molecule has 0 aliphatic carbocycles. The molecule has 0 radical (unpaired) electrons. The number of carbonyl (C=O) groups excluding carboxylic acids is 2. The predicted molar refractivity (Wildman–Crippen MR) is 126 cm³/mol. The molecule has 0 spiro atoms. The van der Waals surface area contributed by atoms with Crippen molar-refractivity contribution in [1.29, 1.82) is 5.26 Å². The molecule has 0 saturated heterocycles. The van der Waals surface area contributed by atoms with Gasteiger partial charge in [-0.15, -0.1) is 22.7 Å². The number of hydrogen-bond acceptors (Lipinski definition) is 9. The Kier molecular flexibility index (Phi) is 7.41. The van der Waals surface area contributed by atoms with E-state index in [0.717, 1.165) is 28.3 Å². The molecule has 3 rings (SSSR count). The Hall–Kier alpha value is -3.48. The van der Waals surface area contributed by atoms with Gasteiger partial charge in [0.2, 0.25) is 0 Å². The van der Waals surface area contributed by atoms with Crippen LogP contribution in [0.25, 0.3) is 16.8 Å². The van der Waals surface area contributed by atoms with Gasteiger partial charge >= 0.3 is 5.97 Å². The second-order valence-corrected chi connectivity index (χ2v) is 8.50. The number of carbonyl (C=O) groups is 2. The van der Waals surface area contributed by atoms with Crippen LogP contribution in [-0.4, -0.2) is 30.5 Å². The number of nitriles is 1. The fraction of sp³-hybridized carbons (Fsp3) is 0.217. The number of ether oxygens (including phenoxy) is 2. The van der Waals surface area contributed by atoms with Crippen LogP contribution in [0.15, 0.2) is 35.8 Å². The molecule has 7 nitrogen and oxygen atoms in total. The molecule has 0 bridgehead atoms. The highest BCUT2D eigenvalue weighted by Gasteiger charge is 2.24. The van der Waals surface area contributed by atoms with Gasteiger partial charge in [0.1, 0.15) is 27.4 Å². The van der Waals surface area contributed by atoms with Crippen LogP contribution in [0.2, 0.25) is 0 Å². The molecule has 2 aromatic heterocycles. The van der Waals surface area contributed by atoms with Gasteiger partial charge in [-0.1, -0.05) is 12.1 Å². The summed E-state index contributed by atoms with van der Waals surface area (Å²) in [5, 5.41) is 15.5. The lowest BCUT2D eigenvalue weighted by Gasteiger charge is -2.05. The lowest BCUT2D eigenvalue weighted by atomic mass is 10.1. The SMILES string of the molecule is CCOC(=O)c1c(N/C=C(/C#N)c2nc(-c3cccc(OC)c3)cs2)sc(C(C)=O)c1C. The lowest BCUT2D eigenvalue weighted by Crippen LogP contribution is -2.08. The van der Waals surface area contributed by atoms with Crippen molar-refractivity contribution >= 4 is 45.0 Å². The number of methoxy groups -OCH3 is 1. The van der Waals surface area contributed by atoms with Crippen molar-refractivity contribution < 1.29 is 19.1 Å². The van der Waals surface area contributed by atoms with E-state index in [1.807, 2.05) is 29.6 Å². The van der Waals surface area contributed by atoms with Crippen LogP contribution in [0.5, 0.6) is 5.75 Å². The number of Topliss-reactive ketones (excluding diaryl/α,β-unsaturated/α-hetero) is 1. The molecular weight excluding hydrogens is 446 g/mol. The topological polar surface area (TPSA) is 101 Å². The highest BCUT2D eigenvalue weighted by Crippen LogP contribution is 2.35. The number of thiazole rings is 1. The fourth-order valence-corrected chi connectivity index (χ4v) is 4.85. The molecule has 0 fully saturated rings. The average molecular weight is 468 g/mol. The molecule has 0 atom stereocenters.